The lowest BCUT2D eigenvalue weighted by Gasteiger charge is -2.18. The van der Waals surface area contributed by atoms with E-state index in [9.17, 15) is 0 Å². The van der Waals surface area contributed by atoms with E-state index in [1.807, 2.05) is 0 Å². The number of aromatic nitrogens is 1. The molecule has 0 atom stereocenters. The van der Waals surface area contributed by atoms with Crippen LogP contribution in [0.3, 0.4) is 0 Å². The Hall–Kier alpha value is -1.09. The Morgan fingerprint density at radius 1 is 1.33 bits per heavy atom. The number of unbranched alkanes of at least 4 members (excludes halogenated alkanes) is 2. The van der Waals surface area contributed by atoms with Crippen LogP contribution in [0.4, 0.5) is 5.82 Å². The number of anilines is 1. The topological polar surface area (TPSA) is 28.2 Å². The van der Waals surface area contributed by atoms with Crippen LogP contribution in [0.5, 0.6) is 0 Å². The van der Waals surface area contributed by atoms with E-state index in [-0.39, 0.29) is 0 Å². The van der Waals surface area contributed by atoms with E-state index in [2.05, 4.69) is 42.4 Å². The molecule has 1 aromatic rings. The zero-order valence-electron chi connectivity index (χ0n) is 11.7. The Kier molecular flexibility index (Phi) is 5.00. The molecule has 0 amide bonds. The fourth-order valence-electron chi connectivity index (χ4n) is 2.03. The first-order valence-corrected chi connectivity index (χ1v) is 7.20. The van der Waals surface area contributed by atoms with Crippen molar-refractivity contribution < 1.29 is 0 Å². The van der Waals surface area contributed by atoms with Crippen LogP contribution in [0.2, 0.25) is 0 Å². The van der Waals surface area contributed by atoms with Crippen LogP contribution in [-0.4, -0.2) is 24.6 Å². The van der Waals surface area contributed by atoms with Crippen molar-refractivity contribution in [3.8, 4) is 0 Å². The molecular formula is C15H25N3. The molecule has 0 aliphatic heterocycles. The van der Waals surface area contributed by atoms with Gasteiger partial charge in [-0.1, -0.05) is 25.8 Å². The second kappa shape index (κ2) is 6.74. The molecule has 1 aliphatic carbocycles. The third kappa shape index (κ3) is 4.30. The summed E-state index contributed by atoms with van der Waals surface area (Å²) in [6.45, 7) is 4.24. The minimum absolute atomic E-state index is 0.748. The largest absolute Gasteiger partial charge is 0.360 e. The molecule has 1 aromatic heterocycles. The van der Waals surface area contributed by atoms with E-state index in [1.54, 1.807) is 0 Å². The van der Waals surface area contributed by atoms with Crippen molar-refractivity contribution in [3.63, 3.8) is 0 Å². The summed E-state index contributed by atoms with van der Waals surface area (Å²) in [5.41, 5.74) is 1.15. The Labute approximate surface area is 111 Å². The van der Waals surface area contributed by atoms with Crippen molar-refractivity contribution in [2.45, 2.75) is 51.6 Å². The van der Waals surface area contributed by atoms with Crippen LogP contribution >= 0.6 is 0 Å². The van der Waals surface area contributed by atoms with Crippen LogP contribution < -0.4 is 10.2 Å². The van der Waals surface area contributed by atoms with Crippen molar-refractivity contribution >= 4 is 5.82 Å². The molecular weight excluding hydrogens is 222 g/mol. The fraction of sp³-hybridized carbons (Fsp3) is 0.667. The Morgan fingerprint density at radius 3 is 2.89 bits per heavy atom. The molecule has 0 saturated heterocycles. The number of pyridine rings is 1. The molecule has 1 N–H and O–H groups in total. The predicted octanol–water partition coefficient (Wildman–Crippen LogP) is 2.96. The van der Waals surface area contributed by atoms with Gasteiger partial charge in [-0.05, 0) is 31.4 Å². The van der Waals surface area contributed by atoms with Crippen LogP contribution in [0.15, 0.2) is 18.2 Å². The van der Waals surface area contributed by atoms with E-state index in [4.69, 9.17) is 4.98 Å². The summed E-state index contributed by atoms with van der Waals surface area (Å²) in [6, 6.07) is 7.08. The minimum atomic E-state index is 0.748. The average Bonchev–Trinajstić information content (AvgIpc) is 3.21. The monoisotopic (exact) mass is 247 g/mol. The van der Waals surface area contributed by atoms with Gasteiger partial charge in [-0.2, -0.15) is 0 Å². The maximum absolute atomic E-state index is 4.71. The summed E-state index contributed by atoms with van der Waals surface area (Å²) in [5.74, 6) is 1.10. The maximum Gasteiger partial charge on any atom is 0.128 e. The van der Waals surface area contributed by atoms with Gasteiger partial charge < -0.3 is 10.2 Å². The molecule has 3 nitrogen and oxygen atoms in total. The van der Waals surface area contributed by atoms with Crippen molar-refractivity contribution in [1.82, 2.24) is 10.3 Å². The van der Waals surface area contributed by atoms with Gasteiger partial charge >= 0.3 is 0 Å². The van der Waals surface area contributed by atoms with E-state index >= 15 is 0 Å². The first-order chi connectivity index (χ1) is 8.79. The molecule has 1 saturated carbocycles. The number of hydrogen-bond acceptors (Lipinski definition) is 3. The number of nitrogens with one attached hydrogen (secondary N) is 1. The highest BCUT2D eigenvalue weighted by atomic mass is 15.2. The summed E-state index contributed by atoms with van der Waals surface area (Å²) in [6.07, 6.45) is 6.48. The lowest BCUT2D eigenvalue weighted by atomic mass is 10.2. The minimum Gasteiger partial charge on any atom is -0.360 e. The lowest BCUT2D eigenvalue weighted by molar-refractivity contribution is 0.669. The Morgan fingerprint density at radius 2 is 2.17 bits per heavy atom. The van der Waals surface area contributed by atoms with Crippen molar-refractivity contribution in [2.75, 3.05) is 18.5 Å². The van der Waals surface area contributed by atoms with Gasteiger partial charge in [0.05, 0.1) is 5.69 Å². The highest BCUT2D eigenvalue weighted by molar-refractivity contribution is 5.38. The first-order valence-electron chi connectivity index (χ1n) is 7.20. The van der Waals surface area contributed by atoms with Gasteiger partial charge in [-0.3, -0.25) is 0 Å². The lowest BCUT2D eigenvalue weighted by Crippen LogP contribution is -2.21. The zero-order valence-corrected chi connectivity index (χ0v) is 11.7. The van der Waals surface area contributed by atoms with Gasteiger partial charge in [0.15, 0.2) is 0 Å². The first kappa shape index (κ1) is 13.3. The van der Waals surface area contributed by atoms with E-state index in [0.717, 1.165) is 30.6 Å². The van der Waals surface area contributed by atoms with Crippen LogP contribution in [0, 0.1) is 0 Å². The standard InChI is InChI=1S/C15H25N3/c1-3-4-5-11-18(2)15-8-6-7-14(17-15)12-16-13-9-10-13/h6-8,13,16H,3-5,9-12H2,1-2H3. The molecule has 0 unspecified atom stereocenters. The summed E-state index contributed by atoms with van der Waals surface area (Å²) in [4.78, 5) is 6.97. The van der Waals surface area contributed by atoms with E-state index in [1.165, 1.54) is 32.1 Å². The van der Waals surface area contributed by atoms with Gasteiger partial charge in [0.1, 0.15) is 5.82 Å². The average molecular weight is 247 g/mol. The van der Waals surface area contributed by atoms with Gasteiger partial charge in [-0.25, -0.2) is 4.98 Å². The number of rotatable bonds is 8. The number of nitrogens with zero attached hydrogens (tertiary/aromatic N) is 2. The SMILES string of the molecule is CCCCCN(C)c1cccc(CNC2CC2)n1. The molecule has 0 bridgehead atoms. The van der Waals surface area contributed by atoms with Gasteiger partial charge in [-0.15, -0.1) is 0 Å². The quantitative estimate of drug-likeness (QED) is 0.716. The molecule has 0 aromatic carbocycles. The summed E-state index contributed by atoms with van der Waals surface area (Å²) in [5, 5.41) is 3.51. The summed E-state index contributed by atoms with van der Waals surface area (Å²) in [7, 11) is 2.14. The normalized spacial score (nSPS) is 14.8. The van der Waals surface area contributed by atoms with Gasteiger partial charge in [0, 0.05) is 26.2 Å². The van der Waals surface area contributed by atoms with Crippen LogP contribution in [0.1, 0.15) is 44.7 Å². The van der Waals surface area contributed by atoms with Crippen LogP contribution in [0.25, 0.3) is 0 Å². The van der Waals surface area contributed by atoms with E-state index in [0.29, 0.717) is 0 Å². The van der Waals surface area contributed by atoms with Gasteiger partial charge in [0.2, 0.25) is 0 Å². The summed E-state index contributed by atoms with van der Waals surface area (Å²) < 4.78 is 0. The molecule has 18 heavy (non-hydrogen) atoms. The second-order valence-electron chi connectivity index (χ2n) is 5.27. The van der Waals surface area contributed by atoms with Gasteiger partial charge in [0.25, 0.3) is 0 Å². The highest BCUT2D eigenvalue weighted by Gasteiger charge is 2.20. The highest BCUT2D eigenvalue weighted by Crippen LogP contribution is 2.19. The molecule has 3 heteroatoms. The van der Waals surface area contributed by atoms with Crippen molar-refractivity contribution in [2.24, 2.45) is 0 Å². The molecule has 0 spiro atoms. The summed E-state index contributed by atoms with van der Waals surface area (Å²) >= 11 is 0. The number of hydrogen-bond donors (Lipinski definition) is 1. The Bertz CT molecular complexity index is 361. The van der Waals surface area contributed by atoms with Crippen LogP contribution in [-0.2, 0) is 6.54 Å². The maximum atomic E-state index is 4.71. The molecule has 100 valence electrons. The zero-order chi connectivity index (χ0) is 12.8. The smallest absolute Gasteiger partial charge is 0.128 e. The molecule has 0 radical (unpaired) electrons. The predicted molar refractivity (Wildman–Crippen MR) is 76.9 cm³/mol. The Balaban J connectivity index is 1.84. The third-order valence-corrected chi connectivity index (χ3v) is 3.43. The van der Waals surface area contributed by atoms with Crippen molar-refractivity contribution in [3.05, 3.63) is 23.9 Å². The molecule has 1 aliphatic rings. The third-order valence-electron chi connectivity index (χ3n) is 3.43. The molecule has 1 fully saturated rings. The molecule has 1 heterocycles. The second-order valence-corrected chi connectivity index (χ2v) is 5.27. The fourth-order valence-corrected chi connectivity index (χ4v) is 2.03. The van der Waals surface area contributed by atoms with E-state index < -0.39 is 0 Å². The molecule has 2 rings (SSSR count). The van der Waals surface area contributed by atoms with Crippen molar-refractivity contribution in [1.29, 1.82) is 0 Å².